The third-order valence-corrected chi connectivity index (χ3v) is 6.74. The maximum Gasteiger partial charge on any atom is 0.266 e. The van der Waals surface area contributed by atoms with Gasteiger partial charge in [-0.25, -0.2) is 9.88 Å². The molecule has 3 amide bonds. The second-order valence-electron chi connectivity index (χ2n) is 8.03. The van der Waals surface area contributed by atoms with E-state index in [0.29, 0.717) is 23.7 Å². The molecule has 1 aliphatic rings. The van der Waals surface area contributed by atoms with Crippen LogP contribution in [-0.2, 0) is 7.05 Å². The van der Waals surface area contributed by atoms with Gasteiger partial charge in [0.15, 0.2) is 5.16 Å². The van der Waals surface area contributed by atoms with Crippen molar-refractivity contribution in [1.29, 1.82) is 0 Å². The summed E-state index contributed by atoms with van der Waals surface area (Å²) in [5.74, 6) is -0.612. The molecule has 0 saturated heterocycles. The molecule has 9 heteroatoms. The number of imidazole rings is 1. The Balaban J connectivity index is 1.30. The number of amides is 3. The first-order valence-corrected chi connectivity index (χ1v) is 12.1. The predicted octanol–water partition coefficient (Wildman–Crippen LogP) is 5.02. The van der Waals surface area contributed by atoms with Crippen molar-refractivity contribution < 1.29 is 19.1 Å². The Morgan fingerprint density at radius 3 is 2.36 bits per heavy atom. The summed E-state index contributed by atoms with van der Waals surface area (Å²) in [5, 5.41) is 3.71. The highest BCUT2D eigenvalue weighted by Crippen LogP contribution is 2.31. The standard InChI is InChI=1S/C27H22N4O4S/c1-3-35-20-9-7-19(8-10-20)31-25(33)22-13-4-17(16-23(22)26(31)34)24(32)29-18-5-11-21(12-6-18)36-27-28-14-15-30(27)2/h4-16H,3H2,1-2H3,(H,29,32). The van der Waals surface area contributed by atoms with Gasteiger partial charge in [-0.3, -0.25) is 14.4 Å². The van der Waals surface area contributed by atoms with E-state index < -0.39 is 11.8 Å². The molecule has 1 aromatic heterocycles. The molecule has 0 radical (unpaired) electrons. The summed E-state index contributed by atoms with van der Waals surface area (Å²) in [7, 11) is 1.93. The summed E-state index contributed by atoms with van der Waals surface area (Å²) in [6.45, 7) is 2.40. The zero-order chi connectivity index (χ0) is 25.2. The Morgan fingerprint density at radius 1 is 0.972 bits per heavy atom. The van der Waals surface area contributed by atoms with E-state index in [4.69, 9.17) is 4.74 Å². The minimum absolute atomic E-state index is 0.198. The Kier molecular flexibility index (Phi) is 6.30. The van der Waals surface area contributed by atoms with Crippen LogP contribution >= 0.6 is 11.8 Å². The molecule has 36 heavy (non-hydrogen) atoms. The lowest BCUT2D eigenvalue weighted by molar-refractivity contribution is 0.0925. The van der Waals surface area contributed by atoms with E-state index in [-0.39, 0.29) is 22.6 Å². The van der Waals surface area contributed by atoms with Crippen LogP contribution in [0.4, 0.5) is 11.4 Å². The van der Waals surface area contributed by atoms with Crippen LogP contribution in [0.5, 0.6) is 5.75 Å². The Labute approximate surface area is 211 Å². The summed E-state index contributed by atoms with van der Waals surface area (Å²) < 4.78 is 7.35. The van der Waals surface area contributed by atoms with E-state index >= 15 is 0 Å². The Morgan fingerprint density at radius 2 is 1.69 bits per heavy atom. The molecule has 0 saturated carbocycles. The molecule has 1 N–H and O–H groups in total. The van der Waals surface area contributed by atoms with E-state index in [0.717, 1.165) is 15.0 Å². The second kappa shape index (κ2) is 9.71. The fourth-order valence-electron chi connectivity index (χ4n) is 3.84. The second-order valence-corrected chi connectivity index (χ2v) is 9.07. The molecule has 5 rings (SSSR count). The Hall–Kier alpha value is -4.37. The van der Waals surface area contributed by atoms with Crippen LogP contribution in [-0.4, -0.2) is 33.9 Å². The number of fused-ring (bicyclic) bond motifs is 1. The van der Waals surface area contributed by atoms with Crippen LogP contribution in [0.3, 0.4) is 0 Å². The molecule has 3 aromatic carbocycles. The molecule has 0 atom stereocenters. The van der Waals surface area contributed by atoms with Crippen LogP contribution in [0.1, 0.15) is 38.0 Å². The summed E-state index contributed by atoms with van der Waals surface area (Å²) in [6, 6.07) is 18.7. The van der Waals surface area contributed by atoms with Crippen molar-refractivity contribution >= 4 is 40.9 Å². The van der Waals surface area contributed by atoms with Crippen LogP contribution < -0.4 is 15.0 Å². The van der Waals surface area contributed by atoms with Gasteiger partial charge in [-0.15, -0.1) is 0 Å². The number of ether oxygens (including phenoxy) is 1. The molecule has 2 heterocycles. The highest BCUT2D eigenvalue weighted by atomic mass is 32.2. The van der Waals surface area contributed by atoms with E-state index in [1.807, 2.05) is 36.9 Å². The van der Waals surface area contributed by atoms with Gasteiger partial charge in [-0.05, 0) is 73.7 Å². The molecule has 8 nitrogen and oxygen atoms in total. The van der Waals surface area contributed by atoms with Crippen molar-refractivity contribution in [3.63, 3.8) is 0 Å². The topological polar surface area (TPSA) is 93.5 Å². The quantitative estimate of drug-likeness (QED) is 0.360. The van der Waals surface area contributed by atoms with Crippen molar-refractivity contribution in [2.24, 2.45) is 7.05 Å². The number of rotatable bonds is 7. The van der Waals surface area contributed by atoms with Gasteiger partial charge in [0.25, 0.3) is 17.7 Å². The van der Waals surface area contributed by atoms with E-state index in [1.54, 1.807) is 48.7 Å². The number of nitrogens with zero attached hydrogens (tertiary/aromatic N) is 3. The summed E-state index contributed by atoms with van der Waals surface area (Å²) >= 11 is 1.52. The number of anilines is 2. The number of carbonyl (C=O) groups excluding carboxylic acids is 3. The number of hydrogen-bond acceptors (Lipinski definition) is 6. The van der Waals surface area contributed by atoms with Crippen molar-refractivity contribution in [3.05, 3.63) is 95.8 Å². The molecular weight excluding hydrogens is 476 g/mol. The van der Waals surface area contributed by atoms with E-state index in [9.17, 15) is 14.4 Å². The van der Waals surface area contributed by atoms with Gasteiger partial charge in [-0.2, -0.15) is 0 Å². The van der Waals surface area contributed by atoms with Crippen LogP contribution in [0.2, 0.25) is 0 Å². The third-order valence-electron chi connectivity index (χ3n) is 5.65. The number of hydrogen-bond donors (Lipinski definition) is 1. The van der Waals surface area contributed by atoms with E-state index in [1.165, 1.54) is 23.9 Å². The largest absolute Gasteiger partial charge is 0.494 e. The summed E-state index contributed by atoms with van der Waals surface area (Å²) in [5.41, 5.74) is 1.81. The third kappa shape index (κ3) is 4.48. The van der Waals surface area contributed by atoms with Gasteiger partial charge in [0.1, 0.15) is 5.75 Å². The van der Waals surface area contributed by atoms with Gasteiger partial charge in [0.2, 0.25) is 0 Å². The van der Waals surface area contributed by atoms with Gasteiger partial charge in [0.05, 0.1) is 23.4 Å². The molecule has 0 unspecified atom stereocenters. The van der Waals surface area contributed by atoms with Crippen LogP contribution in [0.15, 0.2) is 89.2 Å². The monoisotopic (exact) mass is 498 g/mol. The lowest BCUT2D eigenvalue weighted by Crippen LogP contribution is -2.29. The average Bonchev–Trinajstić information content (AvgIpc) is 3.40. The molecule has 180 valence electrons. The number of aromatic nitrogens is 2. The van der Waals surface area contributed by atoms with Gasteiger partial charge < -0.3 is 14.6 Å². The summed E-state index contributed by atoms with van der Waals surface area (Å²) in [4.78, 5) is 45.3. The molecule has 4 aromatic rings. The van der Waals surface area contributed by atoms with Crippen LogP contribution in [0, 0.1) is 0 Å². The summed E-state index contributed by atoms with van der Waals surface area (Å²) in [6.07, 6.45) is 3.62. The molecular formula is C27H22N4O4S. The fraction of sp³-hybridized carbons (Fsp3) is 0.111. The molecule has 0 fully saturated rings. The van der Waals surface area contributed by atoms with Crippen molar-refractivity contribution in [2.75, 3.05) is 16.8 Å². The lowest BCUT2D eigenvalue weighted by atomic mass is 10.1. The number of benzene rings is 3. The fourth-order valence-corrected chi connectivity index (χ4v) is 4.64. The molecule has 1 aliphatic heterocycles. The Bertz CT molecular complexity index is 1460. The predicted molar refractivity (Wildman–Crippen MR) is 137 cm³/mol. The number of imide groups is 1. The highest BCUT2D eigenvalue weighted by molar-refractivity contribution is 7.99. The lowest BCUT2D eigenvalue weighted by Gasteiger charge is -2.14. The van der Waals surface area contributed by atoms with Gasteiger partial charge in [-0.1, -0.05) is 11.8 Å². The number of nitrogens with one attached hydrogen (secondary N) is 1. The highest BCUT2D eigenvalue weighted by Gasteiger charge is 2.37. The van der Waals surface area contributed by atoms with Crippen molar-refractivity contribution in [1.82, 2.24) is 9.55 Å². The zero-order valence-corrected chi connectivity index (χ0v) is 20.4. The van der Waals surface area contributed by atoms with E-state index in [2.05, 4.69) is 10.3 Å². The number of aryl methyl sites for hydroxylation is 1. The SMILES string of the molecule is CCOc1ccc(N2C(=O)c3ccc(C(=O)Nc4ccc(Sc5nccn5C)cc4)cc3C2=O)cc1. The molecule has 0 aliphatic carbocycles. The molecule has 0 spiro atoms. The maximum absolute atomic E-state index is 13.1. The maximum atomic E-state index is 13.1. The first-order valence-electron chi connectivity index (χ1n) is 11.3. The van der Waals surface area contributed by atoms with Crippen molar-refractivity contribution in [3.8, 4) is 5.75 Å². The molecule has 0 bridgehead atoms. The van der Waals surface area contributed by atoms with Crippen molar-refractivity contribution in [2.45, 2.75) is 17.0 Å². The smallest absolute Gasteiger partial charge is 0.266 e. The zero-order valence-electron chi connectivity index (χ0n) is 19.6. The van der Waals surface area contributed by atoms with Gasteiger partial charge in [0, 0.05) is 35.6 Å². The number of carbonyl (C=O) groups is 3. The van der Waals surface area contributed by atoms with Gasteiger partial charge >= 0.3 is 0 Å². The minimum atomic E-state index is -0.468. The first-order chi connectivity index (χ1) is 17.4. The average molecular weight is 499 g/mol. The normalized spacial score (nSPS) is 12.6. The first kappa shape index (κ1) is 23.4. The van der Waals surface area contributed by atoms with Crippen LogP contribution in [0.25, 0.3) is 0 Å². The minimum Gasteiger partial charge on any atom is -0.494 e.